The molecule has 2 rings (SSSR count). The lowest BCUT2D eigenvalue weighted by Crippen LogP contribution is -2.33. The number of nitrogens with zero attached hydrogens (tertiary/aromatic N) is 3. The molecule has 0 unspecified atom stereocenters. The number of carbonyl (C=O) groups is 1. The molecule has 0 saturated carbocycles. The van der Waals surface area contributed by atoms with Crippen LogP contribution in [0.15, 0.2) is 24.3 Å². The molecule has 0 bridgehead atoms. The number of aromatic nitrogens is 3. The number of methoxy groups -OCH3 is 1. The zero-order valence-electron chi connectivity index (χ0n) is 13.6. The zero-order valence-corrected chi connectivity index (χ0v) is 15.2. The number of halogens is 2. The maximum atomic E-state index is 12.2. The van der Waals surface area contributed by atoms with E-state index in [-0.39, 0.29) is 18.3 Å². The van der Waals surface area contributed by atoms with Crippen LogP contribution in [0.1, 0.15) is 16.2 Å². The topological polar surface area (TPSA) is 81.1 Å². The summed E-state index contributed by atoms with van der Waals surface area (Å²) in [6, 6.07) is 7.28. The molecule has 1 aromatic heterocycles. The van der Waals surface area contributed by atoms with Crippen LogP contribution in [-0.4, -0.2) is 54.3 Å². The molecule has 0 fully saturated rings. The molecule has 2 N–H and O–H groups in total. The van der Waals surface area contributed by atoms with Gasteiger partial charge < -0.3 is 15.4 Å². The van der Waals surface area contributed by atoms with Crippen molar-refractivity contribution in [2.45, 2.75) is 6.92 Å². The van der Waals surface area contributed by atoms with Gasteiger partial charge in [-0.3, -0.25) is 4.79 Å². The normalized spacial score (nSPS) is 10.3. The second kappa shape index (κ2) is 10.2. The van der Waals surface area contributed by atoms with E-state index >= 15 is 0 Å². The van der Waals surface area contributed by atoms with Gasteiger partial charge in [-0.05, 0) is 19.1 Å². The van der Waals surface area contributed by atoms with Gasteiger partial charge in [-0.1, -0.05) is 28.9 Å². The van der Waals surface area contributed by atoms with Crippen molar-refractivity contribution < 1.29 is 9.53 Å². The molecule has 1 amide bonds. The van der Waals surface area contributed by atoms with Crippen LogP contribution in [0.2, 0.25) is 5.02 Å². The van der Waals surface area contributed by atoms with Crippen molar-refractivity contribution in [3.05, 3.63) is 40.7 Å². The van der Waals surface area contributed by atoms with E-state index < -0.39 is 0 Å². The lowest BCUT2D eigenvalue weighted by atomic mass is 10.3. The van der Waals surface area contributed by atoms with Gasteiger partial charge in [0, 0.05) is 26.7 Å². The van der Waals surface area contributed by atoms with Crippen LogP contribution in [0.25, 0.3) is 5.69 Å². The molecule has 0 saturated heterocycles. The third-order valence-corrected chi connectivity index (χ3v) is 3.58. The molecule has 9 heteroatoms. The molecule has 1 heterocycles. The van der Waals surface area contributed by atoms with Gasteiger partial charge >= 0.3 is 0 Å². The summed E-state index contributed by atoms with van der Waals surface area (Å²) in [6.45, 7) is 4.33. The molecule has 132 valence electrons. The molecule has 0 atom stereocenters. The van der Waals surface area contributed by atoms with E-state index in [1.807, 2.05) is 18.2 Å². The van der Waals surface area contributed by atoms with Crippen LogP contribution >= 0.6 is 24.0 Å². The van der Waals surface area contributed by atoms with Crippen molar-refractivity contribution >= 4 is 29.9 Å². The standard InChI is InChI=1S/C15H20ClN5O2.ClH/c1-11-14(15(22)18-8-7-17-9-10-23-2)19-20-21(11)13-6-4-3-5-12(13)16;/h3-6,17H,7-10H2,1-2H3,(H,18,22);1H. The van der Waals surface area contributed by atoms with E-state index in [9.17, 15) is 4.79 Å². The van der Waals surface area contributed by atoms with Crippen molar-refractivity contribution in [2.24, 2.45) is 0 Å². The smallest absolute Gasteiger partial charge is 0.273 e. The number of nitrogens with one attached hydrogen (secondary N) is 2. The first kappa shape index (κ1) is 20.4. The van der Waals surface area contributed by atoms with Crippen LogP contribution < -0.4 is 10.6 Å². The fourth-order valence-corrected chi connectivity index (χ4v) is 2.25. The third kappa shape index (κ3) is 5.17. The van der Waals surface area contributed by atoms with Crippen LogP contribution in [0.5, 0.6) is 0 Å². The Morgan fingerprint density at radius 3 is 2.75 bits per heavy atom. The first-order valence-electron chi connectivity index (χ1n) is 7.30. The highest BCUT2D eigenvalue weighted by atomic mass is 35.5. The summed E-state index contributed by atoms with van der Waals surface area (Å²) < 4.78 is 6.49. The van der Waals surface area contributed by atoms with Gasteiger partial charge in [0.25, 0.3) is 5.91 Å². The molecule has 0 aliphatic heterocycles. The fourth-order valence-electron chi connectivity index (χ4n) is 2.04. The fraction of sp³-hybridized carbons (Fsp3) is 0.400. The van der Waals surface area contributed by atoms with Crippen molar-refractivity contribution in [1.29, 1.82) is 0 Å². The molecular weight excluding hydrogens is 353 g/mol. The Labute approximate surface area is 152 Å². The second-order valence-corrected chi connectivity index (χ2v) is 5.29. The predicted octanol–water partition coefficient (Wildman–Crippen LogP) is 1.62. The molecular formula is C15H21Cl2N5O2. The Morgan fingerprint density at radius 1 is 1.29 bits per heavy atom. The van der Waals surface area contributed by atoms with Gasteiger partial charge in [0.05, 0.1) is 23.0 Å². The summed E-state index contributed by atoms with van der Waals surface area (Å²) in [5.74, 6) is -0.255. The molecule has 2 aromatic rings. The molecule has 0 aliphatic rings. The van der Waals surface area contributed by atoms with Crippen LogP contribution in [0, 0.1) is 6.92 Å². The summed E-state index contributed by atoms with van der Waals surface area (Å²) in [6.07, 6.45) is 0. The van der Waals surface area contributed by atoms with E-state index in [2.05, 4.69) is 20.9 Å². The van der Waals surface area contributed by atoms with Crippen LogP contribution in [-0.2, 0) is 4.74 Å². The van der Waals surface area contributed by atoms with Crippen molar-refractivity contribution in [1.82, 2.24) is 25.6 Å². The Morgan fingerprint density at radius 2 is 2.04 bits per heavy atom. The summed E-state index contributed by atoms with van der Waals surface area (Å²) in [7, 11) is 1.65. The van der Waals surface area contributed by atoms with E-state index in [0.717, 1.165) is 6.54 Å². The summed E-state index contributed by atoms with van der Waals surface area (Å²) in [5, 5.41) is 14.5. The van der Waals surface area contributed by atoms with Crippen LogP contribution in [0.3, 0.4) is 0 Å². The number of hydrogen-bond donors (Lipinski definition) is 2. The minimum Gasteiger partial charge on any atom is -0.383 e. The number of para-hydroxylation sites is 1. The minimum absolute atomic E-state index is 0. The van der Waals surface area contributed by atoms with Crippen molar-refractivity contribution in [3.8, 4) is 5.69 Å². The quantitative estimate of drug-likeness (QED) is 0.687. The van der Waals surface area contributed by atoms with Gasteiger partial charge in [0.1, 0.15) is 0 Å². The largest absolute Gasteiger partial charge is 0.383 e. The Hall–Kier alpha value is -1.67. The molecule has 0 aliphatic carbocycles. The van der Waals surface area contributed by atoms with Crippen LogP contribution in [0.4, 0.5) is 0 Å². The second-order valence-electron chi connectivity index (χ2n) is 4.89. The van der Waals surface area contributed by atoms with Gasteiger partial charge in [0.2, 0.25) is 0 Å². The van der Waals surface area contributed by atoms with E-state index in [0.29, 0.717) is 41.8 Å². The minimum atomic E-state index is -0.255. The number of benzene rings is 1. The highest BCUT2D eigenvalue weighted by Gasteiger charge is 2.17. The van der Waals surface area contributed by atoms with Gasteiger partial charge in [0.15, 0.2) is 5.69 Å². The predicted molar refractivity (Wildman–Crippen MR) is 95.4 cm³/mol. The number of hydrogen-bond acceptors (Lipinski definition) is 5. The van der Waals surface area contributed by atoms with Gasteiger partial charge in [-0.25, -0.2) is 4.68 Å². The number of amides is 1. The average Bonchev–Trinajstić information content (AvgIpc) is 2.92. The first-order valence-corrected chi connectivity index (χ1v) is 7.68. The molecule has 0 spiro atoms. The summed E-state index contributed by atoms with van der Waals surface area (Å²) in [4.78, 5) is 12.2. The van der Waals surface area contributed by atoms with Gasteiger partial charge in [-0.2, -0.15) is 0 Å². The zero-order chi connectivity index (χ0) is 16.7. The average molecular weight is 374 g/mol. The monoisotopic (exact) mass is 373 g/mol. The van der Waals surface area contributed by atoms with E-state index in [1.165, 1.54) is 0 Å². The third-order valence-electron chi connectivity index (χ3n) is 3.26. The highest BCUT2D eigenvalue weighted by Crippen LogP contribution is 2.20. The SMILES string of the molecule is COCCNCCNC(=O)c1nnn(-c2ccccc2Cl)c1C.Cl. The number of ether oxygens (including phenoxy) is 1. The molecule has 7 nitrogen and oxygen atoms in total. The molecule has 24 heavy (non-hydrogen) atoms. The Kier molecular flexibility index (Phi) is 8.70. The lowest BCUT2D eigenvalue weighted by Gasteiger charge is -2.07. The van der Waals surface area contributed by atoms with Crippen molar-refractivity contribution in [2.75, 3.05) is 33.4 Å². The summed E-state index contributed by atoms with van der Waals surface area (Å²) >= 11 is 6.16. The Bertz CT molecular complexity index is 663. The summed E-state index contributed by atoms with van der Waals surface area (Å²) in [5.41, 5.74) is 1.63. The van der Waals surface area contributed by atoms with E-state index in [1.54, 1.807) is 24.8 Å². The van der Waals surface area contributed by atoms with Gasteiger partial charge in [-0.15, -0.1) is 17.5 Å². The molecule has 0 radical (unpaired) electrons. The molecule has 1 aromatic carbocycles. The maximum Gasteiger partial charge on any atom is 0.273 e. The highest BCUT2D eigenvalue weighted by molar-refractivity contribution is 6.32. The van der Waals surface area contributed by atoms with E-state index in [4.69, 9.17) is 16.3 Å². The number of carbonyl (C=O) groups excluding carboxylic acids is 1. The maximum absolute atomic E-state index is 12.2. The lowest BCUT2D eigenvalue weighted by molar-refractivity contribution is 0.0948. The Balaban J connectivity index is 0.00000288. The first-order chi connectivity index (χ1) is 11.1. The van der Waals surface area contributed by atoms with Crippen molar-refractivity contribution in [3.63, 3.8) is 0 Å². The number of rotatable bonds is 8.